The molecule has 29 heavy (non-hydrogen) atoms. The van der Waals surface area contributed by atoms with Crippen molar-refractivity contribution in [3.63, 3.8) is 0 Å². The Morgan fingerprint density at radius 3 is 2.93 bits per heavy atom. The Bertz CT molecular complexity index is 1200. The summed E-state index contributed by atoms with van der Waals surface area (Å²) in [5.74, 6) is 0. The molecular weight excluding hydrogens is 420 g/mol. The van der Waals surface area contributed by atoms with Gasteiger partial charge >= 0.3 is 0 Å². The minimum absolute atomic E-state index is 0.686. The van der Waals surface area contributed by atoms with Crippen molar-refractivity contribution in [2.45, 2.75) is 20.0 Å². The van der Waals surface area contributed by atoms with Crippen LogP contribution in [0.4, 0.5) is 5.13 Å². The molecule has 5 heterocycles. The van der Waals surface area contributed by atoms with Crippen LogP contribution in [0.2, 0.25) is 0 Å². The van der Waals surface area contributed by atoms with E-state index in [1.54, 1.807) is 34.0 Å². The molecule has 1 N–H and O–H groups in total. The van der Waals surface area contributed by atoms with Crippen molar-refractivity contribution in [1.82, 2.24) is 24.3 Å². The lowest BCUT2D eigenvalue weighted by Crippen LogP contribution is -2.05. The second-order valence-electron chi connectivity index (χ2n) is 6.50. The third kappa shape index (κ3) is 3.89. The maximum absolute atomic E-state index is 4.74. The van der Waals surface area contributed by atoms with Crippen LogP contribution >= 0.6 is 34.0 Å². The average molecular weight is 439 g/mol. The molecular formula is C20H18N6S3. The molecule has 0 aliphatic heterocycles. The van der Waals surface area contributed by atoms with Gasteiger partial charge < -0.3 is 5.32 Å². The molecule has 0 aromatic carbocycles. The van der Waals surface area contributed by atoms with Crippen molar-refractivity contribution in [2.24, 2.45) is 0 Å². The number of anilines is 1. The number of thiophene rings is 1. The van der Waals surface area contributed by atoms with Gasteiger partial charge in [0.1, 0.15) is 5.69 Å². The van der Waals surface area contributed by atoms with Gasteiger partial charge in [0.2, 0.25) is 0 Å². The van der Waals surface area contributed by atoms with Gasteiger partial charge in [-0.2, -0.15) is 16.4 Å². The number of rotatable bonds is 7. The zero-order valence-electron chi connectivity index (χ0n) is 15.6. The van der Waals surface area contributed by atoms with Gasteiger partial charge in [-0.3, -0.25) is 9.25 Å². The molecule has 9 heteroatoms. The first-order valence-corrected chi connectivity index (χ1v) is 11.7. The SMILES string of the molecule is Cc1nc(NCc2cccn2-c2nccs2)sc1-c1ccn(Cc2ccsc2)n1. The van der Waals surface area contributed by atoms with E-state index in [1.165, 1.54) is 5.56 Å². The largest absolute Gasteiger partial charge is 0.356 e. The Hall–Kier alpha value is -2.75. The molecule has 0 aliphatic rings. The fourth-order valence-electron chi connectivity index (χ4n) is 3.10. The molecule has 0 bridgehead atoms. The zero-order valence-corrected chi connectivity index (χ0v) is 18.1. The summed E-state index contributed by atoms with van der Waals surface area (Å²) in [6.45, 7) is 3.51. The van der Waals surface area contributed by atoms with Gasteiger partial charge in [0.25, 0.3) is 0 Å². The summed E-state index contributed by atoms with van der Waals surface area (Å²) in [5.41, 5.74) is 4.38. The molecule has 0 saturated heterocycles. The summed E-state index contributed by atoms with van der Waals surface area (Å²) in [6.07, 6.45) is 5.89. The predicted octanol–water partition coefficient (Wildman–Crippen LogP) is 5.28. The molecule has 5 rings (SSSR count). The van der Waals surface area contributed by atoms with Gasteiger partial charge in [0, 0.05) is 29.7 Å². The van der Waals surface area contributed by atoms with E-state index in [1.807, 2.05) is 41.6 Å². The average Bonchev–Trinajstić information content (AvgIpc) is 3.50. The van der Waals surface area contributed by atoms with E-state index in [-0.39, 0.29) is 0 Å². The van der Waals surface area contributed by atoms with Gasteiger partial charge in [-0.05, 0) is 47.5 Å². The molecule has 0 radical (unpaired) electrons. The van der Waals surface area contributed by atoms with Crippen LogP contribution in [0.3, 0.4) is 0 Å². The van der Waals surface area contributed by atoms with Crippen LogP contribution in [-0.2, 0) is 13.1 Å². The van der Waals surface area contributed by atoms with Crippen LogP contribution in [0.5, 0.6) is 0 Å². The van der Waals surface area contributed by atoms with Gasteiger partial charge in [0.15, 0.2) is 10.3 Å². The third-order valence-electron chi connectivity index (χ3n) is 4.47. The van der Waals surface area contributed by atoms with Gasteiger partial charge in [-0.25, -0.2) is 9.97 Å². The zero-order chi connectivity index (χ0) is 19.6. The highest BCUT2D eigenvalue weighted by molar-refractivity contribution is 7.19. The van der Waals surface area contributed by atoms with Crippen molar-refractivity contribution >= 4 is 39.1 Å². The van der Waals surface area contributed by atoms with E-state index in [0.29, 0.717) is 6.54 Å². The van der Waals surface area contributed by atoms with E-state index in [0.717, 1.165) is 38.8 Å². The number of aromatic nitrogens is 5. The highest BCUT2D eigenvalue weighted by Crippen LogP contribution is 2.32. The summed E-state index contributed by atoms with van der Waals surface area (Å²) in [6, 6.07) is 8.33. The van der Waals surface area contributed by atoms with Crippen LogP contribution in [0.25, 0.3) is 15.7 Å². The fraction of sp³-hybridized carbons (Fsp3) is 0.150. The number of hydrogen-bond acceptors (Lipinski definition) is 7. The number of nitrogens with zero attached hydrogens (tertiary/aromatic N) is 5. The molecule has 5 aromatic heterocycles. The third-order valence-corrected chi connectivity index (χ3v) is 7.11. The summed E-state index contributed by atoms with van der Waals surface area (Å²) < 4.78 is 4.08. The Balaban J connectivity index is 1.30. The van der Waals surface area contributed by atoms with E-state index in [2.05, 4.69) is 43.8 Å². The van der Waals surface area contributed by atoms with Crippen LogP contribution in [0.15, 0.2) is 59.0 Å². The predicted molar refractivity (Wildman–Crippen MR) is 120 cm³/mol. The van der Waals surface area contributed by atoms with Crippen LogP contribution in [0.1, 0.15) is 17.0 Å². The standard InChI is InChI=1S/C20H18N6S3/c1-14-18(17-4-8-25(24-17)12-15-5-9-27-13-15)29-19(23-14)22-11-16-3-2-7-26(16)20-21-6-10-28-20/h2-10,13H,11-12H2,1H3,(H,22,23). The molecule has 0 atom stereocenters. The minimum Gasteiger partial charge on any atom is -0.356 e. The Morgan fingerprint density at radius 2 is 2.10 bits per heavy atom. The Kier molecular flexibility index (Phi) is 5.01. The molecule has 146 valence electrons. The number of hydrogen-bond donors (Lipinski definition) is 1. The number of nitrogens with one attached hydrogen (secondary N) is 1. The lowest BCUT2D eigenvalue weighted by atomic mass is 10.3. The summed E-state index contributed by atoms with van der Waals surface area (Å²) in [5, 5.41) is 16.3. The number of aryl methyl sites for hydroxylation is 1. The lowest BCUT2D eigenvalue weighted by Gasteiger charge is -2.06. The Morgan fingerprint density at radius 1 is 1.14 bits per heavy atom. The first kappa shape index (κ1) is 18.3. The highest BCUT2D eigenvalue weighted by Gasteiger charge is 2.13. The minimum atomic E-state index is 0.686. The first-order chi connectivity index (χ1) is 14.3. The maximum atomic E-state index is 4.74. The van der Waals surface area contributed by atoms with Crippen molar-refractivity contribution in [2.75, 3.05) is 5.32 Å². The van der Waals surface area contributed by atoms with E-state index in [4.69, 9.17) is 10.1 Å². The van der Waals surface area contributed by atoms with Crippen molar-refractivity contribution in [3.8, 4) is 15.7 Å². The molecule has 0 saturated carbocycles. The monoisotopic (exact) mass is 438 g/mol. The van der Waals surface area contributed by atoms with E-state index >= 15 is 0 Å². The second-order valence-corrected chi connectivity index (χ2v) is 9.15. The Labute approximate surface area is 180 Å². The topological polar surface area (TPSA) is 60.6 Å². The molecule has 6 nitrogen and oxygen atoms in total. The van der Waals surface area contributed by atoms with Gasteiger partial charge in [-0.15, -0.1) is 11.3 Å². The summed E-state index contributed by atoms with van der Waals surface area (Å²) in [4.78, 5) is 10.2. The molecule has 0 aliphatic carbocycles. The molecule has 0 fully saturated rings. The van der Waals surface area contributed by atoms with Crippen molar-refractivity contribution in [3.05, 3.63) is 75.9 Å². The smallest absolute Gasteiger partial charge is 0.193 e. The van der Waals surface area contributed by atoms with Crippen LogP contribution in [-0.4, -0.2) is 24.3 Å². The number of thiazole rings is 2. The lowest BCUT2D eigenvalue weighted by molar-refractivity contribution is 0.691. The normalized spacial score (nSPS) is 11.2. The summed E-state index contributed by atoms with van der Waals surface area (Å²) >= 11 is 4.98. The molecule has 0 unspecified atom stereocenters. The quantitative estimate of drug-likeness (QED) is 0.375. The van der Waals surface area contributed by atoms with Gasteiger partial charge in [-0.1, -0.05) is 11.3 Å². The van der Waals surface area contributed by atoms with Crippen LogP contribution in [0, 0.1) is 6.92 Å². The second kappa shape index (κ2) is 7.94. The maximum Gasteiger partial charge on any atom is 0.193 e. The van der Waals surface area contributed by atoms with E-state index in [9.17, 15) is 0 Å². The van der Waals surface area contributed by atoms with Crippen molar-refractivity contribution in [1.29, 1.82) is 0 Å². The van der Waals surface area contributed by atoms with Crippen molar-refractivity contribution < 1.29 is 0 Å². The fourth-order valence-corrected chi connectivity index (χ4v) is 5.34. The highest BCUT2D eigenvalue weighted by atomic mass is 32.1. The molecule has 5 aromatic rings. The molecule has 0 spiro atoms. The van der Waals surface area contributed by atoms with E-state index < -0.39 is 0 Å². The molecule has 0 amide bonds. The van der Waals surface area contributed by atoms with Crippen LogP contribution < -0.4 is 5.32 Å². The van der Waals surface area contributed by atoms with Gasteiger partial charge in [0.05, 0.1) is 23.7 Å². The summed E-state index contributed by atoms with van der Waals surface area (Å²) in [7, 11) is 0. The first-order valence-electron chi connectivity index (χ1n) is 9.08.